The molecular formula is C22H34N2O8S. The summed E-state index contributed by atoms with van der Waals surface area (Å²) in [6.07, 6.45) is 2.21. The van der Waals surface area contributed by atoms with Crippen LogP contribution in [0.25, 0.3) is 0 Å². The Bertz CT molecular complexity index is 913. The van der Waals surface area contributed by atoms with E-state index in [2.05, 4.69) is 5.32 Å². The minimum atomic E-state index is -4.96. The van der Waals surface area contributed by atoms with Gasteiger partial charge < -0.3 is 5.32 Å². The maximum absolute atomic E-state index is 12.8. The Labute approximate surface area is 194 Å². The van der Waals surface area contributed by atoms with Crippen molar-refractivity contribution in [2.24, 2.45) is 17.3 Å². The second-order valence-electron chi connectivity index (χ2n) is 9.90. The second-order valence-corrected chi connectivity index (χ2v) is 11.5. The molecule has 0 saturated carbocycles. The first-order valence-corrected chi connectivity index (χ1v) is 12.3. The second kappa shape index (κ2) is 11.1. The van der Waals surface area contributed by atoms with E-state index in [1.807, 2.05) is 20.8 Å². The molecule has 1 unspecified atom stereocenters. The smallest absolute Gasteiger partial charge is 0.276 e. The van der Waals surface area contributed by atoms with Crippen molar-refractivity contribution >= 4 is 39.4 Å². The van der Waals surface area contributed by atoms with E-state index in [0.29, 0.717) is 11.3 Å². The van der Waals surface area contributed by atoms with Gasteiger partial charge in [-0.3, -0.25) is 33.4 Å². The highest BCUT2D eigenvalue weighted by molar-refractivity contribution is 7.87. The fourth-order valence-corrected chi connectivity index (χ4v) is 4.00. The molecule has 0 radical (unpaired) electrons. The zero-order chi connectivity index (χ0) is 25.7. The lowest BCUT2D eigenvalue weighted by Crippen LogP contribution is -2.47. The van der Waals surface area contributed by atoms with Crippen LogP contribution < -0.4 is 5.32 Å². The van der Waals surface area contributed by atoms with Crippen molar-refractivity contribution in [3.8, 4) is 0 Å². The number of ketones is 2. The molecule has 1 heterocycles. The lowest BCUT2D eigenvalue weighted by Gasteiger charge is -2.25. The lowest BCUT2D eigenvalue weighted by atomic mass is 9.87. The van der Waals surface area contributed by atoms with Crippen molar-refractivity contribution in [2.45, 2.75) is 72.1 Å². The number of imide groups is 1. The molecular weight excluding hydrogens is 452 g/mol. The van der Waals surface area contributed by atoms with Crippen molar-refractivity contribution in [3.63, 3.8) is 0 Å². The van der Waals surface area contributed by atoms with E-state index in [9.17, 15) is 36.9 Å². The van der Waals surface area contributed by atoms with Crippen LogP contribution in [-0.4, -0.2) is 65.0 Å². The summed E-state index contributed by atoms with van der Waals surface area (Å²) in [5.41, 5.74) is -0.0509. The molecule has 0 bridgehead atoms. The van der Waals surface area contributed by atoms with Crippen LogP contribution in [0.5, 0.6) is 0 Å². The maximum atomic E-state index is 12.8. The summed E-state index contributed by atoms with van der Waals surface area (Å²) in [4.78, 5) is 62.0. The third-order valence-electron chi connectivity index (χ3n) is 5.49. The van der Waals surface area contributed by atoms with Crippen molar-refractivity contribution in [1.82, 2.24) is 10.2 Å². The quantitative estimate of drug-likeness (QED) is 0.309. The van der Waals surface area contributed by atoms with Crippen molar-refractivity contribution in [1.29, 1.82) is 0 Å². The SMILES string of the molecule is CC(C)[C@H](CC(=O)C(CN1C(=O)C=CC1=O)S(=O)(=O)O)C(=O)N[C@@H](C)C(=O)CCC(C)(C)C. The molecule has 2 N–H and O–H groups in total. The number of Topliss-reactive ketones (excluding diaryl/α,β-unsaturated/α-hetero) is 2. The Kier molecular flexibility index (Phi) is 9.67. The highest BCUT2D eigenvalue weighted by atomic mass is 32.2. The van der Waals surface area contributed by atoms with Crippen LogP contribution in [0, 0.1) is 17.3 Å². The van der Waals surface area contributed by atoms with Gasteiger partial charge in [0.05, 0.1) is 12.6 Å². The van der Waals surface area contributed by atoms with Crippen molar-refractivity contribution in [3.05, 3.63) is 12.2 Å². The average molecular weight is 487 g/mol. The van der Waals surface area contributed by atoms with Gasteiger partial charge in [0.2, 0.25) is 5.91 Å². The van der Waals surface area contributed by atoms with Crippen LogP contribution in [0.2, 0.25) is 0 Å². The van der Waals surface area contributed by atoms with Gasteiger partial charge in [-0.15, -0.1) is 0 Å². The van der Waals surface area contributed by atoms with Gasteiger partial charge in [0.15, 0.2) is 16.8 Å². The summed E-state index contributed by atoms with van der Waals surface area (Å²) in [5, 5.41) is 0.508. The van der Waals surface area contributed by atoms with Crippen LogP contribution in [0.15, 0.2) is 12.2 Å². The summed E-state index contributed by atoms with van der Waals surface area (Å²) < 4.78 is 33.2. The number of carbonyl (C=O) groups excluding carboxylic acids is 5. The van der Waals surface area contributed by atoms with Crippen LogP contribution in [0.1, 0.15) is 60.8 Å². The highest BCUT2D eigenvalue weighted by Crippen LogP contribution is 2.22. The van der Waals surface area contributed by atoms with Crippen LogP contribution in [0.3, 0.4) is 0 Å². The zero-order valence-electron chi connectivity index (χ0n) is 20.0. The number of hydrogen-bond donors (Lipinski definition) is 2. The summed E-state index contributed by atoms with van der Waals surface area (Å²) >= 11 is 0. The summed E-state index contributed by atoms with van der Waals surface area (Å²) in [6.45, 7) is 9.99. The average Bonchev–Trinajstić information content (AvgIpc) is 2.97. The molecule has 3 atom stereocenters. The van der Waals surface area contributed by atoms with Gasteiger partial charge in [0, 0.05) is 30.9 Å². The van der Waals surface area contributed by atoms with Crippen LogP contribution in [0.4, 0.5) is 0 Å². The van der Waals surface area contributed by atoms with E-state index < -0.39 is 69.7 Å². The Balaban J connectivity index is 2.92. The number of carbonyl (C=O) groups is 5. The van der Waals surface area contributed by atoms with Gasteiger partial charge in [-0.2, -0.15) is 8.42 Å². The highest BCUT2D eigenvalue weighted by Gasteiger charge is 2.39. The lowest BCUT2D eigenvalue weighted by molar-refractivity contribution is -0.137. The molecule has 0 spiro atoms. The topological polar surface area (TPSA) is 155 Å². The zero-order valence-corrected chi connectivity index (χ0v) is 20.8. The summed E-state index contributed by atoms with van der Waals surface area (Å²) in [6, 6.07) is -0.792. The molecule has 10 nitrogen and oxygen atoms in total. The number of amides is 3. The molecule has 1 rings (SSSR count). The summed E-state index contributed by atoms with van der Waals surface area (Å²) in [5.74, 6) is -4.76. The van der Waals surface area contributed by atoms with E-state index in [4.69, 9.17) is 0 Å². The number of hydrogen-bond acceptors (Lipinski definition) is 7. The van der Waals surface area contributed by atoms with E-state index in [1.54, 1.807) is 20.8 Å². The first kappa shape index (κ1) is 28.6. The molecule has 1 aliphatic rings. The molecule has 1 aliphatic heterocycles. The Hall–Kier alpha value is -2.40. The molecule has 0 aromatic carbocycles. The van der Waals surface area contributed by atoms with E-state index in [0.717, 1.165) is 12.2 Å². The van der Waals surface area contributed by atoms with E-state index in [-0.39, 0.29) is 17.6 Å². The van der Waals surface area contributed by atoms with Crippen molar-refractivity contribution in [2.75, 3.05) is 6.54 Å². The molecule has 186 valence electrons. The van der Waals surface area contributed by atoms with E-state index >= 15 is 0 Å². The van der Waals surface area contributed by atoms with Crippen LogP contribution in [-0.2, 0) is 34.1 Å². The minimum Gasteiger partial charge on any atom is -0.346 e. The van der Waals surface area contributed by atoms with Gasteiger partial charge in [-0.25, -0.2) is 0 Å². The van der Waals surface area contributed by atoms with E-state index in [1.165, 1.54) is 0 Å². The van der Waals surface area contributed by atoms with Gasteiger partial charge in [0.1, 0.15) is 0 Å². The molecule has 11 heteroatoms. The summed E-state index contributed by atoms with van der Waals surface area (Å²) in [7, 11) is -4.96. The first-order chi connectivity index (χ1) is 14.9. The Morgan fingerprint density at radius 1 is 1.03 bits per heavy atom. The van der Waals surface area contributed by atoms with Gasteiger partial charge in [0.25, 0.3) is 21.9 Å². The number of rotatable bonds is 12. The van der Waals surface area contributed by atoms with Crippen LogP contribution >= 0.6 is 0 Å². The van der Waals surface area contributed by atoms with Gasteiger partial charge >= 0.3 is 0 Å². The maximum Gasteiger partial charge on any atom is 0.276 e. The van der Waals surface area contributed by atoms with Crippen molar-refractivity contribution < 1.29 is 36.9 Å². The predicted octanol–water partition coefficient (Wildman–Crippen LogP) is 1.30. The Morgan fingerprint density at radius 2 is 1.55 bits per heavy atom. The molecule has 3 amide bonds. The molecule has 0 fully saturated rings. The third kappa shape index (κ3) is 8.81. The molecule has 33 heavy (non-hydrogen) atoms. The normalized spacial score (nSPS) is 17.3. The molecule has 0 aliphatic carbocycles. The number of nitrogens with zero attached hydrogens (tertiary/aromatic N) is 1. The predicted molar refractivity (Wildman–Crippen MR) is 120 cm³/mol. The van der Waals surface area contributed by atoms with Gasteiger partial charge in [-0.05, 0) is 24.7 Å². The Morgan fingerprint density at radius 3 is 1.97 bits per heavy atom. The number of nitrogens with one attached hydrogen (secondary N) is 1. The molecule has 0 aromatic heterocycles. The van der Waals surface area contributed by atoms with Gasteiger partial charge in [-0.1, -0.05) is 34.6 Å². The largest absolute Gasteiger partial charge is 0.346 e. The standard InChI is InChI=1S/C22H34N2O8S/c1-13(2)15(21(29)23-14(3)16(25)9-10-22(4,5)6)11-17(26)18(33(30,31)32)12-24-19(27)7-8-20(24)28/h7-8,13-15,18H,9-12H2,1-6H3,(H,23,29)(H,30,31,32)/t14-,15-,18?/m0/s1. The fourth-order valence-electron chi connectivity index (χ4n) is 3.23. The molecule has 0 saturated heterocycles. The monoisotopic (exact) mass is 486 g/mol. The fraction of sp³-hybridized carbons (Fsp3) is 0.682. The first-order valence-electron chi connectivity index (χ1n) is 10.8. The third-order valence-corrected chi connectivity index (χ3v) is 6.62. The molecule has 0 aromatic rings. The minimum absolute atomic E-state index is 0.0509.